The lowest BCUT2D eigenvalue weighted by Gasteiger charge is -2.39. The Balaban J connectivity index is 2.31. The molecule has 0 aromatic heterocycles. The fourth-order valence-corrected chi connectivity index (χ4v) is 3.33. The molecule has 1 aromatic rings. The van der Waals surface area contributed by atoms with Gasteiger partial charge in [0, 0.05) is 5.56 Å². The lowest BCUT2D eigenvalue weighted by molar-refractivity contribution is 0.0417. The number of hydrogen-bond donors (Lipinski definition) is 1. The van der Waals surface area contributed by atoms with E-state index in [1.807, 2.05) is 0 Å². The van der Waals surface area contributed by atoms with Crippen molar-refractivity contribution in [1.82, 2.24) is 0 Å². The van der Waals surface area contributed by atoms with Gasteiger partial charge in [0.2, 0.25) is 0 Å². The van der Waals surface area contributed by atoms with Gasteiger partial charge in [0.1, 0.15) is 17.1 Å². The zero-order valence-electron chi connectivity index (χ0n) is 11.7. The molecular weight excluding hydrogens is 256 g/mol. The Morgan fingerprint density at radius 3 is 2.55 bits per heavy atom. The summed E-state index contributed by atoms with van der Waals surface area (Å²) in [5.41, 5.74) is 0.704. The van der Waals surface area contributed by atoms with Gasteiger partial charge in [0.05, 0.1) is 19.8 Å². The van der Waals surface area contributed by atoms with Crippen molar-refractivity contribution >= 4 is 5.78 Å². The van der Waals surface area contributed by atoms with Crippen molar-refractivity contribution in [2.45, 2.75) is 31.3 Å². The zero-order chi connectivity index (χ0) is 14.3. The largest absolute Gasteiger partial charge is 0.496 e. The first-order valence-corrected chi connectivity index (χ1v) is 6.85. The molecule has 1 aromatic carbocycles. The maximum absolute atomic E-state index is 12.4. The van der Waals surface area contributed by atoms with E-state index in [1.54, 1.807) is 25.3 Å². The van der Waals surface area contributed by atoms with E-state index in [2.05, 4.69) is 0 Å². The number of benzene rings is 1. The van der Waals surface area contributed by atoms with Crippen LogP contribution in [-0.2, 0) is 5.60 Å². The molecule has 1 saturated carbocycles. The number of ether oxygens (including phenoxy) is 2. The third-order valence-corrected chi connectivity index (χ3v) is 4.30. The minimum Gasteiger partial charge on any atom is -0.496 e. The molecule has 0 unspecified atom stereocenters. The molecule has 4 nitrogen and oxygen atoms in total. The van der Waals surface area contributed by atoms with E-state index in [1.165, 1.54) is 7.11 Å². The van der Waals surface area contributed by atoms with Crippen LogP contribution in [0.25, 0.3) is 0 Å². The smallest absolute Gasteiger partial charge is 0.190 e. The van der Waals surface area contributed by atoms with E-state index in [9.17, 15) is 9.90 Å². The lowest BCUT2D eigenvalue weighted by atomic mass is 9.69. The second kappa shape index (κ2) is 4.63. The van der Waals surface area contributed by atoms with Gasteiger partial charge in [-0.3, -0.25) is 4.79 Å². The molecule has 4 heteroatoms. The fourth-order valence-electron chi connectivity index (χ4n) is 3.33. The van der Waals surface area contributed by atoms with Crippen LogP contribution in [-0.4, -0.2) is 25.1 Å². The molecule has 0 aliphatic heterocycles. The Morgan fingerprint density at radius 2 is 1.85 bits per heavy atom. The normalized spacial score (nSPS) is 24.6. The highest BCUT2D eigenvalue weighted by Gasteiger charge is 2.45. The summed E-state index contributed by atoms with van der Waals surface area (Å²) in [6.07, 6.45) is 4.87. The Labute approximate surface area is 118 Å². The van der Waals surface area contributed by atoms with Crippen LogP contribution >= 0.6 is 0 Å². The van der Waals surface area contributed by atoms with E-state index in [0.717, 1.165) is 24.8 Å². The van der Waals surface area contributed by atoms with E-state index < -0.39 is 5.60 Å². The molecule has 0 bridgehead atoms. The van der Waals surface area contributed by atoms with Gasteiger partial charge in [-0.2, -0.15) is 0 Å². The number of carbonyl (C=O) groups excluding carboxylic acids is 1. The molecule has 2 aliphatic rings. The molecule has 3 rings (SSSR count). The monoisotopic (exact) mass is 274 g/mol. The van der Waals surface area contributed by atoms with Crippen LogP contribution in [0.4, 0.5) is 0 Å². The molecule has 106 valence electrons. The van der Waals surface area contributed by atoms with Gasteiger partial charge in [-0.25, -0.2) is 0 Å². The van der Waals surface area contributed by atoms with Crippen molar-refractivity contribution < 1.29 is 19.4 Å². The summed E-state index contributed by atoms with van der Waals surface area (Å²) < 4.78 is 10.7. The van der Waals surface area contributed by atoms with Crippen LogP contribution in [0.3, 0.4) is 0 Å². The van der Waals surface area contributed by atoms with Gasteiger partial charge in [0.15, 0.2) is 5.78 Å². The standard InChI is InChI=1S/C16H18O4/c1-19-12-6-7-13(20-2)15-14(12)11(17)9-10-5-3-4-8-16(10,15)18/h6-7,9,18H,3-5,8H2,1-2H3/t16-/m0/s1. The summed E-state index contributed by atoms with van der Waals surface area (Å²) in [7, 11) is 3.08. The van der Waals surface area contributed by atoms with Gasteiger partial charge in [0.25, 0.3) is 0 Å². The SMILES string of the molecule is COc1ccc(OC)c2c1C(=O)C=C1CCCC[C@]12O. The molecule has 20 heavy (non-hydrogen) atoms. The van der Waals surface area contributed by atoms with Crippen LogP contribution < -0.4 is 9.47 Å². The van der Waals surface area contributed by atoms with Crippen LogP contribution in [0.5, 0.6) is 11.5 Å². The topological polar surface area (TPSA) is 55.8 Å². The van der Waals surface area contributed by atoms with Crippen molar-refractivity contribution in [1.29, 1.82) is 0 Å². The molecule has 0 radical (unpaired) electrons. The molecule has 0 spiro atoms. The predicted molar refractivity (Wildman–Crippen MR) is 74.3 cm³/mol. The summed E-state index contributed by atoms with van der Waals surface area (Å²) in [4.78, 5) is 12.4. The second-order valence-corrected chi connectivity index (χ2v) is 5.32. The summed E-state index contributed by atoms with van der Waals surface area (Å²) in [6, 6.07) is 3.46. The van der Waals surface area contributed by atoms with E-state index in [4.69, 9.17) is 9.47 Å². The molecule has 2 aliphatic carbocycles. The molecule has 0 saturated heterocycles. The lowest BCUT2D eigenvalue weighted by Crippen LogP contribution is -2.37. The third kappa shape index (κ3) is 1.68. The van der Waals surface area contributed by atoms with Gasteiger partial charge in [-0.05, 0) is 49.5 Å². The number of aliphatic hydroxyl groups is 1. The number of fused-ring (bicyclic) bond motifs is 3. The highest BCUT2D eigenvalue weighted by Crippen LogP contribution is 2.50. The maximum atomic E-state index is 12.4. The number of carbonyl (C=O) groups is 1. The Hall–Kier alpha value is -1.81. The quantitative estimate of drug-likeness (QED) is 0.900. The van der Waals surface area contributed by atoms with Crippen LogP contribution in [0, 0.1) is 0 Å². The third-order valence-electron chi connectivity index (χ3n) is 4.30. The Bertz CT molecular complexity index is 603. The number of methoxy groups -OCH3 is 2. The van der Waals surface area contributed by atoms with Gasteiger partial charge >= 0.3 is 0 Å². The van der Waals surface area contributed by atoms with Crippen molar-refractivity contribution in [3.8, 4) is 11.5 Å². The van der Waals surface area contributed by atoms with E-state index in [-0.39, 0.29) is 5.78 Å². The number of rotatable bonds is 2. The second-order valence-electron chi connectivity index (χ2n) is 5.32. The summed E-state index contributed by atoms with van der Waals surface area (Å²) >= 11 is 0. The van der Waals surface area contributed by atoms with Crippen LogP contribution in [0.1, 0.15) is 41.6 Å². The zero-order valence-corrected chi connectivity index (χ0v) is 11.7. The van der Waals surface area contributed by atoms with Crippen molar-refractivity contribution in [3.05, 3.63) is 34.9 Å². The highest BCUT2D eigenvalue weighted by atomic mass is 16.5. The number of allylic oxidation sites excluding steroid dienone is 1. The fraction of sp³-hybridized carbons (Fsp3) is 0.438. The molecule has 1 fully saturated rings. The Morgan fingerprint density at radius 1 is 1.15 bits per heavy atom. The first-order chi connectivity index (χ1) is 9.61. The summed E-state index contributed by atoms with van der Waals surface area (Å²) in [6.45, 7) is 0. The average molecular weight is 274 g/mol. The maximum Gasteiger partial charge on any atom is 0.190 e. The van der Waals surface area contributed by atoms with E-state index in [0.29, 0.717) is 29.0 Å². The molecular formula is C16H18O4. The highest BCUT2D eigenvalue weighted by molar-refractivity contribution is 6.10. The first-order valence-electron chi connectivity index (χ1n) is 6.85. The van der Waals surface area contributed by atoms with Crippen molar-refractivity contribution in [3.63, 3.8) is 0 Å². The molecule has 1 atom stereocenters. The number of hydrogen-bond acceptors (Lipinski definition) is 4. The minimum absolute atomic E-state index is 0.114. The van der Waals surface area contributed by atoms with Gasteiger partial charge in [-0.15, -0.1) is 0 Å². The Kier molecular flexibility index (Phi) is 3.05. The van der Waals surface area contributed by atoms with Crippen molar-refractivity contribution in [2.24, 2.45) is 0 Å². The summed E-state index contributed by atoms with van der Waals surface area (Å²) in [5.74, 6) is 0.918. The van der Waals surface area contributed by atoms with Crippen LogP contribution in [0.2, 0.25) is 0 Å². The predicted octanol–water partition coefficient (Wildman–Crippen LogP) is 2.59. The van der Waals surface area contributed by atoms with Gasteiger partial charge in [-0.1, -0.05) is 0 Å². The molecule has 0 heterocycles. The van der Waals surface area contributed by atoms with Gasteiger partial charge < -0.3 is 14.6 Å². The van der Waals surface area contributed by atoms with Crippen LogP contribution in [0.15, 0.2) is 23.8 Å². The van der Waals surface area contributed by atoms with E-state index >= 15 is 0 Å². The number of ketones is 1. The molecule has 1 N–H and O–H groups in total. The minimum atomic E-state index is -1.10. The first kappa shape index (κ1) is 13.2. The molecule has 0 amide bonds. The average Bonchev–Trinajstić information content (AvgIpc) is 2.47. The van der Waals surface area contributed by atoms with Crippen molar-refractivity contribution in [2.75, 3.05) is 14.2 Å². The summed E-state index contributed by atoms with van der Waals surface area (Å²) in [5, 5.41) is 11.1.